The number of aromatic amines is 1. The molecule has 12 nitrogen and oxygen atoms in total. The Bertz CT molecular complexity index is 2180. The number of aromatic hydroxyl groups is 1. The summed E-state index contributed by atoms with van der Waals surface area (Å²) >= 11 is 0. The molecule has 4 aromatic heterocycles. The van der Waals surface area contributed by atoms with E-state index in [-0.39, 0.29) is 22.8 Å². The Morgan fingerprint density at radius 1 is 0.936 bits per heavy atom. The summed E-state index contributed by atoms with van der Waals surface area (Å²) in [6.07, 6.45) is 3.76. The molecule has 0 spiro atoms. The number of fused-ring (bicyclic) bond motifs is 1. The number of nitrogen functional groups attached to an aromatic ring is 1. The summed E-state index contributed by atoms with van der Waals surface area (Å²) in [5.41, 5.74) is 11.3. The molecule has 0 unspecified atom stereocenters. The van der Waals surface area contributed by atoms with Gasteiger partial charge >= 0.3 is 0 Å². The van der Waals surface area contributed by atoms with E-state index in [1.807, 2.05) is 28.8 Å². The summed E-state index contributed by atoms with van der Waals surface area (Å²) in [6, 6.07) is 23.2. The zero-order valence-corrected chi connectivity index (χ0v) is 25.2. The minimum absolute atomic E-state index is 0.0975. The van der Waals surface area contributed by atoms with Crippen molar-refractivity contribution in [2.45, 2.75) is 6.54 Å². The smallest absolute Gasteiger partial charge is 0.257 e. The van der Waals surface area contributed by atoms with Gasteiger partial charge in [0.15, 0.2) is 17.8 Å². The summed E-state index contributed by atoms with van der Waals surface area (Å²) < 4.78 is 1.93. The molecule has 1 aliphatic rings. The number of pyridine rings is 3. The third-order valence-corrected chi connectivity index (χ3v) is 8.34. The van der Waals surface area contributed by atoms with Gasteiger partial charge in [-0.3, -0.25) is 23.9 Å². The molecule has 7 rings (SSSR count). The number of rotatable bonds is 7. The number of hydrogen-bond donors (Lipinski definition) is 3. The number of piperazine rings is 1. The minimum atomic E-state index is -0.232. The molecule has 0 bridgehead atoms. The average molecular weight is 627 g/mol. The van der Waals surface area contributed by atoms with E-state index in [0.717, 1.165) is 11.3 Å². The lowest BCUT2D eigenvalue weighted by Gasteiger charge is -2.35. The number of amides is 1. The number of phenols is 1. The predicted molar refractivity (Wildman–Crippen MR) is 177 cm³/mol. The number of nitrogens with two attached hydrogens (primary N) is 1. The first-order chi connectivity index (χ1) is 22.9. The van der Waals surface area contributed by atoms with Crippen LogP contribution in [-0.4, -0.2) is 77.8 Å². The fourth-order valence-electron chi connectivity index (χ4n) is 5.84. The number of benzene rings is 2. The van der Waals surface area contributed by atoms with Gasteiger partial charge in [0.05, 0.1) is 22.4 Å². The van der Waals surface area contributed by atoms with Crippen molar-refractivity contribution in [3.8, 4) is 34.1 Å². The molecular weight excluding hydrogens is 596 g/mol. The van der Waals surface area contributed by atoms with Crippen molar-refractivity contribution < 1.29 is 14.7 Å². The van der Waals surface area contributed by atoms with Crippen molar-refractivity contribution in [3.05, 3.63) is 118 Å². The quantitative estimate of drug-likeness (QED) is 0.223. The first-order valence-corrected chi connectivity index (χ1v) is 15.1. The van der Waals surface area contributed by atoms with Gasteiger partial charge in [0.25, 0.3) is 11.5 Å². The molecule has 1 fully saturated rings. The highest BCUT2D eigenvalue weighted by molar-refractivity contribution is 5.96. The van der Waals surface area contributed by atoms with E-state index in [1.54, 1.807) is 41.6 Å². The molecule has 234 valence electrons. The van der Waals surface area contributed by atoms with Crippen LogP contribution in [0.5, 0.6) is 5.75 Å². The topological polar surface area (TPSA) is 163 Å². The van der Waals surface area contributed by atoms with E-state index < -0.39 is 0 Å². The Morgan fingerprint density at radius 3 is 2.47 bits per heavy atom. The minimum Gasteiger partial charge on any atom is -0.507 e. The summed E-state index contributed by atoms with van der Waals surface area (Å²) in [5, 5.41) is 9.77. The number of carbonyl (C=O) groups is 2. The Morgan fingerprint density at radius 2 is 1.72 bits per heavy atom. The predicted octanol–water partition coefficient (Wildman–Crippen LogP) is 3.90. The Kier molecular flexibility index (Phi) is 7.76. The van der Waals surface area contributed by atoms with Crippen LogP contribution in [-0.2, 0) is 6.54 Å². The highest BCUT2D eigenvalue weighted by atomic mass is 16.3. The number of phenolic OH excluding ortho intramolecular Hbond substituents is 1. The molecule has 47 heavy (non-hydrogen) atoms. The van der Waals surface area contributed by atoms with E-state index in [2.05, 4.69) is 27.0 Å². The first-order valence-electron chi connectivity index (χ1n) is 15.1. The molecule has 1 amide bonds. The van der Waals surface area contributed by atoms with Crippen molar-refractivity contribution >= 4 is 29.2 Å². The standard InChI is InChI=1S/C35H30N8O4/c36-31-27(4-2-13-37-31)32-40-29-11-10-28(26-3-1-14-38-34(26)46)39-33(29)43(32)25-8-5-22(6-9-25)20-41-15-17-42(18-16-41)35(47)23-7-12-30(45)24(19-23)21-44/h1-14,19,21,45H,15-18,20H2,(H2,36,37)(H,38,46). The van der Waals surface area contributed by atoms with Crippen LogP contribution in [0.2, 0.25) is 0 Å². The van der Waals surface area contributed by atoms with Gasteiger partial charge in [-0.05, 0) is 72.3 Å². The molecule has 5 heterocycles. The van der Waals surface area contributed by atoms with E-state index in [0.29, 0.717) is 84.2 Å². The Hall–Kier alpha value is -6.14. The highest BCUT2D eigenvalue weighted by Crippen LogP contribution is 2.31. The number of hydrogen-bond acceptors (Lipinski definition) is 9. The number of imidazole rings is 1. The van der Waals surface area contributed by atoms with E-state index in [1.165, 1.54) is 18.2 Å². The van der Waals surface area contributed by atoms with Gasteiger partial charge in [0, 0.05) is 56.4 Å². The number of carbonyl (C=O) groups excluding carboxylic acids is 2. The van der Waals surface area contributed by atoms with Gasteiger partial charge in [0.2, 0.25) is 0 Å². The van der Waals surface area contributed by atoms with Crippen molar-refractivity contribution in [1.82, 2.24) is 34.3 Å². The van der Waals surface area contributed by atoms with Gasteiger partial charge in [-0.1, -0.05) is 12.1 Å². The van der Waals surface area contributed by atoms with Crippen LogP contribution in [0.15, 0.2) is 96.1 Å². The molecule has 1 saturated heterocycles. The molecule has 0 aliphatic carbocycles. The second-order valence-electron chi connectivity index (χ2n) is 11.3. The van der Waals surface area contributed by atoms with Gasteiger partial charge < -0.3 is 20.7 Å². The lowest BCUT2D eigenvalue weighted by molar-refractivity contribution is 0.0628. The number of aromatic nitrogens is 5. The summed E-state index contributed by atoms with van der Waals surface area (Å²) in [7, 11) is 0. The van der Waals surface area contributed by atoms with Crippen molar-refractivity contribution in [2.24, 2.45) is 0 Å². The summed E-state index contributed by atoms with van der Waals surface area (Å²) in [5.74, 6) is 0.617. The van der Waals surface area contributed by atoms with Crippen LogP contribution < -0.4 is 11.3 Å². The Balaban J connectivity index is 1.14. The zero-order valence-electron chi connectivity index (χ0n) is 25.2. The molecule has 0 saturated carbocycles. The monoisotopic (exact) mass is 626 g/mol. The second-order valence-corrected chi connectivity index (χ2v) is 11.3. The summed E-state index contributed by atoms with van der Waals surface area (Å²) in [6.45, 7) is 3.16. The molecule has 1 aliphatic heterocycles. The van der Waals surface area contributed by atoms with Gasteiger partial charge in [-0.2, -0.15) is 0 Å². The third kappa shape index (κ3) is 5.73. The molecule has 0 radical (unpaired) electrons. The van der Waals surface area contributed by atoms with Gasteiger partial charge in [0.1, 0.15) is 17.1 Å². The number of anilines is 1. The molecule has 2 aromatic carbocycles. The van der Waals surface area contributed by atoms with Gasteiger partial charge in [-0.25, -0.2) is 15.0 Å². The number of nitrogens with one attached hydrogen (secondary N) is 1. The van der Waals surface area contributed by atoms with Crippen molar-refractivity contribution in [2.75, 3.05) is 31.9 Å². The normalized spacial score (nSPS) is 13.6. The summed E-state index contributed by atoms with van der Waals surface area (Å²) in [4.78, 5) is 57.5. The van der Waals surface area contributed by atoms with Gasteiger partial charge in [-0.15, -0.1) is 0 Å². The van der Waals surface area contributed by atoms with E-state index in [9.17, 15) is 19.5 Å². The SMILES string of the molecule is Nc1ncccc1-c1nc2ccc(-c3ccc[nH]c3=O)nc2n1-c1ccc(CN2CCN(C(=O)c3ccc(O)c(C=O)c3)CC2)cc1. The van der Waals surface area contributed by atoms with Crippen molar-refractivity contribution in [1.29, 1.82) is 0 Å². The average Bonchev–Trinajstić information content (AvgIpc) is 3.48. The highest BCUT2D eigenvalue weighted by Gasteiger charge is 2.23. The third-order valence-electron chi connectivity index (χ3n) is 8.34. The van der Waals surface area contributed by atoms with E-state index >= 15 is 0 Å². The van der Waals surface area contributed by atoms with Crippen LogP contribution >= 0.6 is 0 Å². The fraction of sp³-hybridized carbons (Fsp3) is 0.143. The number of nitrogens with zero attached hydrogens (tertiary/aromatic N) is 6. The van der Waals surface area contributed by atoms with Crippen LogP contribution in [0, 0.1) is 0 Å². The maximum Gasteiger partial charge on any atom is 0.257 e. The maximum absolute atomic E-state index is 13.0. The molecular formula is C35H30N8O4. The maximum atomic E-state index is 13.0. The first kappa shape index (κ1) is 29.6. The molecule has 4 N–H and O–H groups in total. The van der Waals surface area contributed by atoms with Crippen molar-refractivity contribution in [3.63, 3.8) is 0 Å². The second kappa shape index (κ2) is 12.3. The lowest BCUT2D eigenvalue weighted by atomic mass is 10.1. The van der Waals surface area contributed by atoms with Crippen LogP contribution in [0.4, 0.5) is 5.82 Å². The van der Waals surface area contributed by atoms with Crippen LogP contribution in [0.25, 0.3) is 39.5 Å². The number of H-pyrrole nitrogens is 1. The largest absolute Gasteiger partial charge is 0.507 e. The number of aldehydes is 1. The van der Waals surface area contributed by atoms with Crippen LogP contribution in [0.1, 0.15) is 26.3 Å². The van der Waals surface area contributed by atoms with E-state index in [4.69, 9.17) is 15.7 Å². The van der Waals surface area contributed by atoms with Crippen LogP contribution in [0.3, 0.4) is 0 Å². The zero-order chi connectivity index (χ0) is 32.5. The molecule has 6 aromatic rings. The molecule has 12 heteroatoms. The Labute approximate surface area is 268 Å². The fourth-order valence-corrected chi connectivity index (χ4v) is 5.84. The lowest BCUT2D eigenvalue weighted by Crippen LogP contribution is -2.48. The molecule has 0 atom stereocenters.